The zero-order chi connectivity index (χ0) is 24.8. The van der Waals surface area contributed by atoms with Gasteiger partial charge in [-0.2, -0.15) is 0 Å². The van der Waals surface area contributed by atoms with Gasteiger partial charge in [0.05, 0.1) is 16.3 Å². The van der Waals surface area contributed by atoms with Crippen LogP contribution in [0.4, 0.5) is 0 Å². The van der Waals surface area contributed by atoms with Gasteiger partial charge in [-0.05, 0) is 36.8 Å². The summed E-state index contributed by atoms with van der Waals surface area (Å²) in [6, 6.07) is 2.21. The maximum atomic E-state index is 12.5. The summed E-state index contributed by atoms with van der Waals surface area (Å²) >= 11 is 13.9. The smallest absolute Gasteiger partial charge is 0.327 e. The van der Waals surface area contributed by atoms with E-state index in [0.717, 1.165) is 11.2 Å². The van der Waals surface area contributed by atoms with Crippen molar-refractivity contribution in [3.63, 3.8) is 0 Å². The molecule has 2 rings (SSSR count). The Hall–Kier alpha value is -1.79. The zero-order valence-electron chi connectivity index (χ0n) is 18.0. The van der Waals surface area contributed by atoms with E-state index >= 15 is 0 Å². The minimum Gasteiger partial charge on any atom is -0.480 e. The SMILES string of the molecule is CSc1ccc(/C=C/C(=O)N2CCC(C(=O)N[C@@H](CNS(C)(=O)=O)C(=O)O)CC2)c(Cl)c1Cl. The zero-order valence-corrected chi connectivity index (χ0v) is 21.2. The van der Waals surface area contributed by atoms with Crippen LogP contribution >= 0.6 is 35.0 Å². The van der Waals surface area contributed by atoms with Crippen LogP contribution in [0.15, 0.2) is 23.1 Å². The third-order valence-corrected chi connectivity index (χ3v) is 7.52. The van der Waals surface area contributed by atoms with Crippen molar-refractivity contribution in [2.45, 2.75) is 23.8 Å². The topological polar surface area (TPSA) is 133 Å². The molecule has 2 amide bonds. The van der Waals surface area contributed by atoms with Gasteiger partial charge in [-0.25, -0.2) is 17.9 Å². The van der Waals surface area contributed by atoms with Crippen LogP contribution in [0.1, 0.15) is 18.4 Å². The summed E-state index contributed by atoms with van der Waals surface area (Å²) < 4.78 is 24.4. The number of sulfonamides is 1. The Morgan fingerprint density at radius 2 is 1.88 bits per heavy atom. The summed E-state index contributed by atoms with van der Waals surface area (Å²) in [4.78, 5) is 38.7. The summed E-state index contributed by atoms with van der Waals surface area (Å²) in [5, 5.41) is 12.4. The Labute approximate surface area is 206 Å². The third-order valence-electron chi connectivity index (χ3n) is 5.04. The van der Waals surface area contributed by atoms with Gasteiger partial charge in [0.25, 0.3) is 0 Å². The molecule has 3 N–H and O–H groups in total. The van der Waals surface area contributed by atoms with Crippen molar-refractivity contribution in [2.75, 3.05) is 32.1 Å². The monoisotopic (exact) mass is 537 g/mol. The predicted molar refractivity (Wildman–Crippen MR) is 129 cm³/mol. The Morgan fingerprint density at radius 1 is 1.24 bits per heavy atom. The molecular weight excluding hydrogens is 513 g/mol. The van der Waals surface area contributed by atoms with Crippen molar-refractivity contribution >= 4 is 68.8 Å². The first-order valence-corrected chi connectivity index (χ1v) is 13.8. The lowest BCUT2D eigenvalue weighted by molar-refractivity contribution is -0.142. The quantitative estimate of drug-likeness (QED) is 0.324. The standard InChI is InChI=1S/C20H25Cl2N3O6S2/c1-32-15-5-3-12(17(21)18(15)22)4-6-16(26)25-9-7-13(8-10-25)19(27)24-14(20(28)29)11-23-33(2,30)31/h3-6,13-14,23H,7-11H2,1-2H3,(H,24,27)(H,28,29)/b6-4+/t14-/m0/s1. The van der Waals surface area contributed by atoms with Crippen LogP contribution in [0.3, 0.4) is 0 Å². The van der Waals surface area contributed by atoms with Gasteiger partial charge in [0.15, 0.2) is 0 Å². The molecule has 0 radical (unpaired) electrons. The molecule has 0 spiro atoms. The first kappa shape index (κ1) is 27.5. The van der Waals surface area contributed by atoms with E-state index in [1.807, 2.05) is 12.3 Å². The Kier molecular flexibility index (Phi) is 10.0. The summed E-state index contributed by atoms with van der Waals surface area (Å²) in [6.07, 6.45) is 6.48. The number of carbonyl (C=O) groups is 3. The number of nitrogens with zero attached hydrogens (tertiary/aromatic N) is 1. The van der Waals surface area contributed by atoms with Crippen LogP contribution in [-0.4, -0.2) is 74.4 Å². The number of benzene rings is 1. The fourth-order valence-electron chi connectivity index (χ4n) is 3.19. The van der Waals surface area contributed by atoms with Crippen molar-refractivity contribution in [3.8, 4) is 0 Å². The largest absolute Gasteiger partial charge is 0.480 e. The molecule has 1 aliphatic rings. The second-order valence-electron chi connectivity index (χ2n) is 7.44. The number of carbonyl (C=O) groups excluding carboxylic acids is 2. The summed E-state index contributed by atoms with van der Waals surface area (Å²) in [6.45, 7) is 0.188. The third kappa shape index (κ3) is 8.18. The van der Waals surface area contributed by atoms with Crippen molar-refractivity contribution in [3.05, 3.63) is 33.8 Å². The van der Waals surface area contributed by atoms with Crippen molar-refractivity contribution < 1.29 is 27.9 Å². The molecule has 0 aromatic heterocycles. The van der Waals surface area contributed by atoms with Crippen molar-refractivity contribution in [1.82, 2.24) is 14.9 Å². The second kappa shape index (κ2) is 12.1. The van der Waals surface area contributed by atoms with Gasteiger partial charge in [0.2, 0.25) is 21.8 Å². The number of halogens is 2. The summed E-state index contributed by atoms with van der Waals surface area (Å²) in [5.41, 5.74) is 0.615. The van der Waals surface area contributed by atoms with Crippen LogP contribution < -0.4 is 10.0 Å². The fourth-order valence-corrected chi connectivity index (χ4v) is 4.83. The number of carboxylic acids is 1. The molecule has 1 fully saturated rings. The van der Waals surface area contributed by atoms with E-state index in [2.05, 4.69) is 10.0 Å². The number of carboxylic acid groups (broad SMARTS) is 1. The molecule has 0 bridgehead atoms. The molecule has 1 aromatic carbocycles. The summed E-state index contributed by atoms with van der Waals surface area (Å²) in [5.74, 6) is -2.56. The van der Waals surface area contributed by atoms with E-state index in [1.54, 1.807) is 17.0 Å². The molecule has 1 heterocycles. The van der Waals surface area contributed by atoms with Crippen LogP contribution in [0.5, 0.6) is 0 Å². The maximum absolute atomic E-state index is 12.5. The Balaban J connectivity index is 1.91. The average molecular weight is 538 g/mol. The van der Waals surface area contributed by atoms with Crippen molar-refractivity contribution in [2.24, 2.45) is 5.92 Å². The normalized spacial score (nSPS) is 16.1. The Bertz CT molecular complexity index is 1040. The number of rotatable bonds is 9. The fraction of sp³-hybridized carbons (Fsp3) is 0.450. The molecule has 0 unspecified atom stereocenters. The molecule has 0 aliphatic carbocycles. The number of hydrogen-bond acceptors (Lipinski definition) is 6. The van der Waals surface area contributed by atoms with Crippen LogP contribution in [-0.2, 0) is 24.4 Å². The number of likely N-dealkylation sites (tertiary alicyclic amines) is 1. The molecule has 0 saturated carbocycles. The van der Waals surface area contributed by atoms with Gasteiger partial charge in [-0.1, -0.05) is 29.3 Å². The predicted octanol–water partition coefficient (Wildman–Crippen LogP) is 2.09. The van der Waals surface area contributed by atoms with E-state index in [9.17, 15) is 27.9 Å². The minimum absolute atomic E-state index is 0.240. The number of nitrogens with one attached hydrogen (secondary N) is 2. The van der Waals surface area contributed by atoms with Crippen molar-refractivity contribution in [1.29, 1.82) is 0 Å². The van der Waals surface area contributed by atoms with Gasteiger partial charge in [0.1, 0.15) is 6.04 Å². The van der Waals surface area contributed by atoms with E-state index in [4.69, 9.17) is 23.2 Å². The molecule has 1 aliphatic heterocycles. The molecule has 1 atom stereocenters. The molecule has 1 aromatic rings. The molecule has 9 nitrogen and oxygen atoms in total. The molecule has 182 valence electrons. The lowest BCUT2D eigenvalue weighted by Gasteiger charge is -2.31. The number of amides is 2. The molecule has 13 heteroatoms. The van der Waals surface area contributed by atoms with Gasteiger partial charge >= 0.3 is 5.97 Å². The average Bonchev–Trinajstić information content (AvgIpc) is 2.76. The number of aliphatic carboxylic acids is 1. The maximum Gasteiger partial charge on any atom is 0.327 e. The van der Waals surface area contributed by atoms with E-state index in [1.165, 1.54) is 17.8 Å². The molecule has 1 saturated heterocycles. The van der Waals surface area contributed by atoms with Gasteiger partial charge < -0.3 is 15.3 Å². The van der Waals surface area contributed by atoms with Gasteiger partial charge in [-0.15, -0.1) is 11.8 Å². The lowest BCUT2D eigenvalue weighted by Crippen LogP contribution is -2.51. The number of hydrogen-bond donors (Lipinski definition) is 3. The minimum atomic E-state index is -3.60. The van der Waals surface area contributed by atoms with Gasteiger partial charge in [-0.3, -0.25) is 9.59 Å². The molecule has 33 heavy (non-hydrogen) atoms. The molecular formula is C20H25Cl2N3O6S2. The highest BCUT2D eigenvalue weighted by molar-refractivity contribution is 7.98. The van der Waals surface area contributed by atoms with Crippen LogP contribution in [0.2, 0.25) is 10.0 Å². The lowest BCUT2D eigenvalue weighted by atomic mass is 9.95. The van der Waals surface area contributed by atoms with E-state index in [-0.39, 0.29) is 5.91 Å². The second-order valence-corrected chi connectivity index (χ2v) is 10.9. The summed E-state index contributed by atoms with van der Waals surface area (Å²) in [7, 11) is -3.60. The van der Waals surface area contributed by atoms with E-state index < -0.39 is 40.4 Å². The highest BCUT2D eigenvalue weighted by Gasteiger charge is 2.30. The highest BCUT2D eigenvalue weighted by Crippen LogP contribution is 2.35. The number of thioether (sulfide) groups is 1. The number of piperidine rings is 1. The highest BCUT2D eigenvalue weighted by atomic mass is 35.5. The Morgan fingerprint density at radius 3 is 2.42 bits per heavy atom. The van der Waals surface area contributed by atoms with Crippen LogP contribution in [0.25, 0.3) is 6.08 Å². The van der Waals surface area contributed by atoms with Crippen LogP contribution in [0, 0.1) is 5.92 Å². The van der Waals surface area contributed by atoms with Gasteiger partial charge in [0, 0.05) is 36.5 Å². The van der Waals surface area contributed by atoms with E-state index in [0.29, 0.717) is 41.5 Å². The first-order valence-electron chi connectivity index (χ1n) is 9.89. The first-order chi connectivity index (χ1) is 15.4.